The second-order valence-corrected chi connectivity index (χ2v) is 6.08. The van der Waals surface area contributed by atoms with Gasteiger partial charge in [0.05, 0.1) is 12.7 Å². The Morgan fingerprint density at radius 2 is 2.35 bits per heavy atom. The van der Waals surface area contributed by atoms with Gasteiger partial charge in [-0.15, -0.1) is 11.3 Å². The second kappa shape index (κ2) is 5.98. The van der Waals surface area contributed by atoms with Crippen LogP contribution < -0.4 is 5.32 Å². The van der Waals surface area contributed by atoms with Gasteiger partial charge < -0.3 is 10.1 Å². The monoisotopic (exact) mass is 253 g/mol. The van der Waals surface area contributed by atoms with Gasteiger partial charge in [-0.3, -0.25) is 0 Å². The minimum absolute atomic E-state index is 0.316. The summed E-state index contributed by atoms with van der Waals surface area (Å²) in [6.07, 6.45) is 4.19. The van der Waals surface area contributed by atoms with Crippen molar-refractivity contribution in [2.45, 2.75) is 51.2 Å². The maximum Gasteiger partial charge on any atom is 0.0628 e. The summed E-state index contributed by atoms with van der Waals surface area (Å²) in [4.78, 5) is 1.59. The Bertz CT molecular complexity index is 348. The van der Waals surface area contributed by atoms with E-state index in [0.717, 1.165) is 6.61 Å². The van der Waals surface area contributed by atoms with Crippen LogP contribution in [0.25, 0.3) is 0 Å². The van der Waals surface area contributed by atoms with Crippen molar-refractivity contribution in [3.05, 3.63) is 21.9 Å². The lowest BCUT2D eigenvalue weighted by molar-refractivity contribution is 0.0559. The first-order valence-electron chi connectivity index (χ1n) is 6.57. The number of thiophene rings is 1. The largest absolute Gasteiger partial charge is 0.377 e. The van der Waals surface area contributed by atoms with E-state index in [4.69, 9.17) is 4.74 Å². The molecule has 0 saturated carbocycles. The third-order valence-corrected chi connectivity index (χ3v) is 4.56. The van der Waals surface area contributed by atoms with Crippen molar-refractivity contribution in [1.82, 2.24) is 5.32 Å². The van der Waals surface area contributed by atoms with E-state index in [1.165, 1.54) is 19.3 Å². The van der Waals surface area contributed by atoms with Crippen LogP contribution in [0.4, 0.5) is 0 Å². The lowest BCUT2D eigenvalue weighted by Crippen LogP contribution is -2.38. The fraction of sp³-hybridized carbons (Fsp3) is 0.714. The van der Waals surface area contributed by atoms with E-state index in [1.807, 2.05) is 11.3 Å². The van der Waals surface area contributed by atoms with E-state index >= 15 is 0 Å². The zero-order valence-corrected chi connectivity index (χ0v) is 11.8. The Kier molecular flexibility index (Phi) is 4.60. The molecule has 0 amide bonds. The van der Waals surface area contributed by atoms with Crippen LogP contribution in [0.5, 0.6) is 0 Å². The number of hydrogen-bond donors (Lipinski definition) is 1. The van der Waals surface area contributed by atoms with E-state index in [9.17, 15) is 0 Å². The van der Waals surface area contributed by atoms with Gasteiger partial charge >= 0.3 is 0 Å². The van der Waals surface area contributed by atoms with Gasteiger partial charge in [0.2, 0.25) is 0 Å². The average molecular weight is 253 g/mol. The van der Waals surface area contributed by atoms with Crippen LogP contribution in [0.15, 0.2) is 11.4 Å². The van der Waals surface area contributed by atoms with Crippen molar-refractivity contribution in [2.24, 2.45) is 0 Å². The van der Waals surface area contributed by atoms with Crippen LogP contribution in [0, 0.1) is 0 Å². The molecule has 0 spiro atoms. The maximum absolute atomic E-state index is 5.78. The molecule has 0 bridgehead atoms. The topological polar surface area (TPSA) is 21.3 Å². The first-order valence-corrected chi connectivity index (χ1v) is 7.45. The second-order valence-electron chi connectivity index (χ2n) is 5.08. The molecule has 2 nitrogen and oxygen atoms in total. The average Bonchev–Trinajstić information content (AvgIpc) is 2.78. The summed E-state index contributed by atoms with van der Waals surface area (Å²) in [5.41, 5.74) is 1.56. The van der Waals surface area contributed by atoms with Crippen molar-refractivity contribution in [1.29, 1.82) is 0 Å². The molecule has 1 aromatic heterocycles. The maximum atomic E-state index is 5.78. The molecule has 1 aliphatic rings. The summed E-state index contributed by atoms with van der Waals surface area (Å²) in [5.74, 6) is 0.633. The minimum Gasteiger partial charge on any atom is -0.377 e. The fourth-order valence-electron chi connectivity index (χ4n) is 2.64. The molecular weight excluding hydrogens is 230 g/mol. The molecule has 1 aliphatic carbocycles. The predicted octanol–water partition coefficient (Wildman–Crippen LogP) is 3.18. The van der Waals surface area contributed by atoms with Gasteiger partial charge in [0.1, 0.15) is 0 Å². The quantitative estimate of drug-likeness (QED) is 0.870. The fourth-order valence-corrected chi connectivity index (χ4v) is 3.63. The molecular formula is C14H23NOS. The number of hydrogen-bond acceptors (Lipinski definition) is 3. The smallest absolute Gasteiger partial charge is 0.0628 e. The number of fused-ring (bicyclic) bond motifs is 1. The van der Waals surface area contributed by atoms with Crippen LogP contribution in [0.1, 0.15) is 43.0 Å². The van der Waals surface area contributed by atoms with Gasteiger partial charge in [-0.25, -0.2) is 0 Å². The number of aryl methyl sites for hydroxylation is 1. The number of likely N-dealkylation sites (N-methyl/N-ethyl adjacent to an activating group) is 1. The van der Waals surface area contributed by atoms with Crippen LogP contribution in [0.2, 0.25) is 0 Å². The van der Waals surface area contributed by atoms with Crippen LogP contribution in [-0.4, -0.2) is 25.8 Å². The first-order chi connectivity index (χ1) is 8.22. The molecule has 1 aromatic rings. The molecule has 0 aromatic carbocycles. The van der Waals surface area contributed by atoms with Crippen molar-refractivity contribution >= 4 is 11.3 Å². The van der Waals surface area contributed by atoms with Gasteiger partial charge in [-0.2, -0.15) is 0 Å². The first kappa shape index (κ1) is 13.1. The summed E-state index contributed by atoms with van der Waals surface area (Å²) < 4.78 is 5.78. The SMILES string of the molecule is CNC(COC(C)C)C1CCCc2sccc21. The van der Waals surface area contributed by atoms with Gasteiger partial charge in [-0.05, 0) is 57.2 Å². The summed E-state index contributed by atoms with van der Waals surface area (Å²) in [6.45, 7) is 5.02. The highest BCUT2D eigenvalue weighted by Crippen LogP contribution is 2.37. The summed E-state index contributed by atoms with van der Waals surface area (Å²) in [5, 5.41) is 5.67. The molecule has 2 atom stereocenters. The van der Waals surface area contributed by atoms with Gasteiger partial charge in [0, 0.05) is 16.8 Å². The van der Waals surface area contributed by atoms with Crippen molar-refractivity contribution < 1.29 is 4.74 Å². The molecule has 3 heteroatoms. The third kappa shape index (κ3) is 3.09. The Morgan fingerprint density at radius 1 is 1.53 bits per heavy atom. The normalized spacial score (nSPS) is 21.5. The molecule has 2 rings (SSSR count). The highest BCUT2D eigenvalue weighted by molar-refractivity contribution is 7.10. The minimum atomic E-state index is 0.316. The molecule has 1 heterocycles. The summed E-state index contributed by atoms with van der Waals surface area (Å²) >= 11 is 1.91. The van der Waals surface area contributed by atoms with Crippen molar-refractivity contribution in [2.75, 3.05) is 13.7 Å². The lowest BCUT2D eigenvalue weighted by atomic mass is 9.83. The van der Waals surface area contributed by atoms with E-state index in [-0.39, 0.29) is 0 Å². The third-order valence-electron chi connectivity index (χ3n) is 3.56. The molecule has 0 fully saturated rings. The standard InChI is InChI=1S/C14H23NOS/c1-10(2)16-9-13(15-3)11-5-4-6-14-12(11)7-8-17-14/h7-8,10-11,13,15H,4-6,9H2,1-3H3. The van der Waals surface area contributed by atoms with Crippen molar-refractivity contribution in [3.63, 3.8) is 0 Å². The van der Waals surface area contributed by atoms with E-state index in [1.54, 1.807) is 10.4 Å². The molecule has 17 heavy (non-hydrogen) atoms. The van der Waals surface area contributed by atoms with E-state index in [0.29, 0.717) is 18.1 Å². The molecule has 0 aliphatic heterocycles. The number of ether oxygens (including phenoxy) is 1. The van der Waals surface area contributed by atoms with Gasteiger partial charge in [0.25, 0.3) is 0 Å². The highest BCUT2D eigenvalue weighted by Gasteiger charge is 2.27. The predicted molar refractivity (Wildman–Crippen MR) is 73.9 cm³/mol. The lowest BCUT2D eigenvalue weighted by Gasteiger charge is -2.31. The van der Waals surface area contributed by atoms with Crippen LogP contribution >= 0.6 is 11.3 Å². The zero-order valence-electron chi connectivity index (χ0n) is 11.0. The highest BCUT2D eigenvalue weighted by atomic mass is 32.1. The Morgan fingerprint density at radius 3 is 3.06 bits per heavy atom. The Labute approximate surface area is 108 Å². The Hall–Kier alpha value is -0.380. The summed E-state index contributed by atoms with van der Waals surface area (Å²) in [6, 6.07) is 2.76. The van der Waals surface area contributed by atoms with Gasteiger partial charge in [0.15, 0.2) is 0 Å². The number of nitrogens with one attached hydrogen (secondary N) is 1. The van der Waals surface area contributed by atoms with Crippen molar-refractivity contribution in [3.8, 4) is 0 Å². The number of rotatable bonds is 5. The van der Waals surface area contributed by atoms with Gasteiger partial charge in [-0.1, -0.05) is 0 Å². The molecule has 0 saturated heterocycles. The Balaban J connectivity index is 2.06. The van der Waals surface area contributed by atoms with E-state index < -0.39 is 0 Å². The molecule has 0 radical (unpaired) electrons. The summed E-state index contributed by atoms with van der Waals surface area (Å²) in [7, 11) is 2.05. The molecule has 96 valence electrons. The van der Waals surface area contributed by atoms with Crippen LogP contribution in [-0.2, 0) is 11.2 Å². The zero-order chi connectivity index (χ0) is 12.3. The molecule has 1 N–H and O–H groups in total. The molecule has 2 unspecified atom stereocenters. The van der Waals surface area contributed by atoms with E-state index in [2.05, 4.69) is 37.7 Å². The van der Waals surface area contributed by atoms with Crippen LogP contribution in [0.3, 0.4) is 0 Å².